The topological polar surface area (TPSA) is 21.3 Å². The summed E-state index contributed by atoms with van der Waals surface area (Å²) in [6.07, 6.45) is 3.77. The first-order chi connectivity index (χ1) is 4.41. The molecule has 2 aliphatic rings. The summed E-state index contributed by atoms with van der Waals surface area (Å²) in [4.78, 5) is 0. The van der Waals surface area contributed by atoms with Crippen molar-refractivity contribution >= 4 is 12.4 Å². The lowest BCUT2D eigenvalue weighted by Gasteiger charge is -2.19. The van der Waals surface area contributed by atoms with Gasteiger partial charge in [-0.05, 0) is 25.8 Å². The molecular formula is C7H14ClNO. The maximum Gasteiger partial charge on any atom is 0.0819 e. The van der Waals surface area contributed by atoms with Crippen LogP contribution in [-0.2, 0) is 4.74 Å². The third kappa shape index (κ3) is 1.29. The van der Waals surface area contributed by atoms with E-state index in [9.17, 15) is 0 Å². The summed E-state index contributed by atoms with van der Waals surface area (Å²) >= 11 is 0. The van der Waals surface area contributed by atoms with Gasteiger partial charge in [0.2, 0.25) is 0 Å². The number of rotatable bonds is 0. The summed E-state index contributed by atoms with van der Waals surface area (Å²) in [6.45, 7) is 3.23. The number of hydrogen-bond acceptors (Lipinski definition) is 2. The van der Waals surface area contributed by atoms with Crippen LogP contribution in [0.15, 0.2) is 0 Å². The maximum absolute atomic E-state index is 5.64. The SMILES string of the molecule is C1CO[C@]2(C1)CCNC2.Cl. The molecule has 1 N–H and O–H groups in total. The van der Waals surface area contributed by atoms with Gasteiger partial charge in [-0.3, -0.25) is 0 Å². The molecule has 0 bridgehead atoms. The molecule has 2 heterocycles. The van der Waals surface area contributed by atoms with E-state index in [1.165, 1.54) is 19.3 Å². The fourth-order valence-corrected chi connectivity index (χ4v) is 1.81. The van der Waals surface area contributed by atoms with Crippen molar-refractivity contribution in [1.82, 2.24) is 5.32 Å². The van der Waals surface area contributed by atoms with Crippen LogP contribution in [0.5, 0.6) is 0 Å². The van der Waals surface area contributed by atoms with Gasteiger partial charge in [-0.15, -0.1) is 12.4 Å². The van der Waals surface area contributed by atoms with Gasteiger partial charge in [-0.1, -0.05) is 0 Å². The highest BCUT2D eigenvalue weighted by atomic mass is 35.5. The van der Waals surface area contributed by atoms with E-state index in [0.29, 0.717) is 0 Å². The molecule has 0 saturated carbocycles. The summed E-state index contributed by atoms with van der Waals surface area (Å²) in [5, 5.41) is 3.33. The molecule has 0 aromatic carbocycles. The fourth-order valence-electron chi connectivity index (χ4n) is 1.81. The summed E-state index contributed by atoms with van der Waals surface area (Å²) in [6, 6.07) is 0. The molecule has 0 aliphatic carbocycles. The van der Waals surface area contributed by atoms with Gasteiger partial charge >= 0.3 is 0 Å². The predicted octanol–water partition coefficient (Wildman–Crippen LogP) is 0.951. The van der Waals surface area contributed by atoms with E-state index in [-0.39, 0.29) is 18.0 Å². The van der Waals surface area contributed by atoms with Crippen molar-refractivity contribution in [2.24, 2.45) is 0 Å². The Balaban J connectivity index is 0.000000500. The zero-order valence-corrected chi connectivity index (χ0v) is 6.88. The molecule has 60 valence electrons. The minimum atomic E-state index is 0. The second kappa shape index (κ2) is 3.07. The third-order valence-electron chi connectivity index (χ3n) is 2.39. The lowest BCUT2D eigenvalue weighted by molar-refractivity contribution is 0.0217. The Bertz CT molecular complexity index is 88.7. The molecule has 1 spiro atoms. The maximum atomic E-state index is 5.64. The number of hydrogen-bond donors (Lipinski definition) is 1. The van der Waals surface area contributed by atoms with Crippen LogP contribution in [0.1, 0.15) is 19.3 Å². The van der Waals surface area contributed by atoms with Crippen molar-refractivity contribution in [3.8, 4) is 0 Å². The Morgan fingerprint density at radius 1 is 1.30 bits per heavy atom. The van der Waals surface area contributed by atoms with Crippen molar-refractivity contribution in [3.05, 3.63) is 0 Å². The highest BCUT2D eigenvalue weighted by molar-refractivity contribution is 5.85. The average molecular weight is 164 g/mol. The van der Waals surface area contributed by atoms with E-state index in [1.54, 1.807) is 0 Å². The largest absolute Gasteiger partial charge is 0.374 e. The zero-order valence-electron chi connectivity index (χ0n) is 6.06. The van der Waals surface area contributed by atoms with Crippen LogP contribution in [0.4, 0.5) is 0 Å². The molecule has 2 saturated heterocycles. The predicted molar refractivity (Wildman–Crippen MR) is 42.7 cm³/mol. The smallest absolute Gasteiger partial charge is 0.0819 e. The van der Waals surface area contributed by atoms with Crippen molar-refractivity contribution in [2.45, 2.75) is 24.9 Å². The molecule has 0 amide bonds. The molecular weight excluding hydrogens is 150 g/mol. The molecule has 2 rings (SSSR count). The van der Waals surface area contributed by atoms with Gasteiger partial charge in [-0.2, -0.15) is 0 Å². The van der Waals surface area contributed by atoms with Gasteiger partial charge in [0.15, 0.2) is 0 Å². The van der Waals surface area contributed by atoms with Crippen molar-refractivity contribution in [1.29, 1.82) is 0 Å². The Kier molecular flexibility index (Phi) is 2.55. The van der Waals surface area contributed by atoms with Crippen molar-refractivity contribution < 1.29 is 4.74 Å². The van der Waals surface area contributed by atoms with Gasteiger partial charge in [0.25, 0.3) is 0 Å². The van der Waals surface area contributed by atoms with E-state index >= 15 is 0 Å². The van der Waals surface area contributed by atoms with Crippen LogP contribution >= 0.6 is 12.4 Å². The summed E-state index contributed by atoms with van der Waals surface area (Å²) < 4.78 is 5.64. The van der Waals surface area contributed by atoms with E-state index in [4.69, 9.17) is 4.74 Å². The van der Waals surface area contributed by atoms with Crippen LogP contribution in [0.2, 0.25) is 0 Å². The van der Waals surface area contributed by atoms with Gasteiger partial charge in [0.1, 0.15) is 0 Å². The van der Waals surface area contributed by atoms with Crippen LogP contribution in [0.3, 0.4) is 0 Å². The first-order valence-corrected chi connectivity index (χ1v) is 3.76. The quantitative estimate of drug-likeness (QED) is 0.574. The molecule has 2 fully saturated rings. The monoisotopic (exact) mass is 163 g/mol. The van der Waals surface area contributed by atoms with Crippen molar-refractivity contribution in [2.75, 3.05) is 19.7 Å². The molecule has 1 atom stereocenters. The Morgan fingerprint density at radius 2 is 2.20 bits per heavy atom. The summed E-state index contributed by atoms with van der Waals surface area (Å²) in [5.41, 5.74) is 0.278. The second-order valence-electron chi connectivity index (χ2n) is 3.06. The average Bonchev–Trinajstić information content (AvgIpc) is 2.45. The summed E-state index contributed by atoms with van der Waals surface area (Å²) in [7, 11) is 0. The Labute approximate surface area is 67.7 Å². The minimum absolute atomic E-state index is 0. The van der Waals surface area contributed by atoms with E-state index in [2.05, 4.69) is 5.32 Å². The lowest BCUT2D eigenvalue weighted by atomic mass is 10.00. The van der Waals surface area contributed by atoms with Crippen LogP contribution in [0.25, 0.3) is 0 Å². The van der Waals surface area contributed by atoms with Crippen LogP contribution in [-0.4, -0.2) is 25.3 Å². The van der Waals surface area contributed by atoms with Gasteiger partial charge in [0, 0.05) is 13.2 Å². The zero-order chi connectivity index (χ0) is 6.16. The molecule has 0 unspecified atom stereocenters. The highest BCUT2D eigenvalue weighted by Gasteiger charge is 2.37. The molecule has 0 aromatic rings. The molecule has 0 radical (unpaired) electrons. The lowest BCUT2D eigenvalue weighted by Crippen LogP contribution is -2.29. The number of nitrogens with one attached hydrogen (secondary N) is 1. The number of ether oxygens (including phenoxy) is 1. The van der Waals surface area contributed by atoms with Crippen LogP contribution in [0, 0.1) is 0 Å². The minimum Gasteiger partial charge on any atom is -0.374 e. The molecule has 0 aromatic heterocycles. The molecule has 2 nitrogen and oxygen atoms in total. The normalized spacial score (nSPS) is 38.4. The van der Waals surface area contributed by atoms with Gasteiger partial charge in [0.05, 0.1) is 5.60 Å². The number of halogens is 1. The molecule has 10 heavy (non-hydrogen) atoms. The Morgan fingerprint density at radius 3 is 2.70 bits per heavy atom. The third-order valence-corrected chi connectivity index (χ3v) is 2.39. The summed E-state index contributed by atoms with van der Waals surface area (Å²) in [5.74, 6) is 0. The standard InChI is InChI=1S/C7H13NO.ClH/c1-2-7(9-5-1)3-4-8-6-7;/h8H,1-6H2;1H/t7-;/m1./s1. The first-order valence-electron chi connectivity index (χ1n) is 3.76. The first kappa shape index (κ1) is 8.31. The van der Waals surface area contributed by atoms with Crippen molar-refractivity contribution in [3.63, 3.8) is 0 Å². The van der Waals surface area contributed by atoms with E-state index in [1.807, 2.05) is 0 Å². The fraction of sp³-hybridized carbons (Fsp3) is 1.00. The highest BCUT2D eigenvalue weighted by Crippen LogP contribution is 2.30. The van der Waals surface area contributed by atoms with Gasteiger partial charge < -0.3 is 10.1 Å². The van der Waals surface area contributed by atoms with Crippen LogP contribution < -0.4 is 5.32 Å². The van der Waals surface area contributed by atoms with E-state index < -0.39 is 0 Å². The molecule has 3 heteroatoms. The van der Waals surface area contributed by atoms with Gasteiger partial charge in [-0.25, -0.2) is 0 Å². The molecule has 2 aliphatic heterocycles. The Hall–Kier alpha value is 0.210. The second-order valence-corrected chi connectivity index (χ2v) is 3.06. The van der Waals surface area contributed by atoms with E-state index in [0.717, 1.165) is 19.7 Å².